The number of fused-ring (bicyclic) bond motifs is 2. The number of rotatable bonds is 6. The number of carbonyl (C=O) groups excluding carboxylic acids is 1. The first-order chi connectivity index (χ1) is 12.9. The van der Waals surface area contributed by atoms with E-state index in [1.54, 1.807) is 6.92 Å². The molecule has 0 heterocycles. The van der Waals surface area contributed by atoms with Gasteiger partial charge < -0.3 is 9.16 Å². The molecular weight excluding hydrogens is 460 g/mol. The smallest absolute Gasteiger partial charge is 0.338 e. The van der Waals surface area contributed by atoms with Crippen molar-refractivity contribution in [2.24, 2.45) is 22.2 Å². The molecule has 0 aliphatic heterocycles. The molecule has 0 aromatic heterocycles. The Morgan fingerprint density at radius 2 is 1.86 bits per heavy atom. The number of aliphatic imine (C=N–C) groups is 1. The topological polar surface area (TPSA) is 47.9 Å². The average molecular weight is 497 g/mol. The number of hydrogen-bond donors (Lipinski definition) is 0. The molecule has 2 bridgehead atoms. The summed E-state index contributed by atoms with van der Waals surface area (Å²) in [5.74, 6) is -0.488. The summed E-state index contributed by atoms with van der Waals surface area (Å²) in [5.41, 5.74) is -0.156. The SMILES string of the molecule is CCOC(=O)C(N=C1C[C@@H]2C[C@@H](C2(C)C)[C@]1(C)O[Si](C)(C)C(C)(C)C)C(F)(F)Br. The van der Waals surface area contributed by atoms with Crippen LogP contribution >= 0.6 is 15.9 Å². The molecular formula is C21H36BrF2NO3Si. The van der Waals surface area contributed by atoms with E-state index in [4.69, 9.17) is 9.16 Å². The molecule has 0 saturated heterocycles. The molecule has 168 valence electrons. The molecule has 4 nitrogen and oxygen atoms in total. The molecule has 0 aromatic carbocycles. The molecule has 0 amide bonds. The van der Waals surface area contributed by atoms with Crippen molar-refractivity contribution in [1.29, 1.82) is 0 Å². The van der Waals surface area contributed by atoms with Crippen molar-refractivity contribution < 1.29 is 22.7 Å². The summed E-state index contributed by atoms with van der Waals surface area (Å²) in [6, 6.07) is -1.92. The zero-order valence-corrected chi connectivity index (χ0v) is 21.7. The van der Waals surface area contributed by atoms with Crippen molar-refractivity contribution in [3.63, 3.8) is 0 Å². The lowest BCUT2D eigenvalue weighted by atomic mass is 9.44. The largest absolute Gasteiger partial charge is 0.464 e. The van der Waals surface area contributed by atoms with Gasteiger partial charge in [0.15, 0.2) is 8.32 Å². The van der Waals surface area contributed by atoms with Crippen LogP contribution in [0.3, 0.4) is 0 Å². The van der Waals surface area contributed by atoms with Crippen molar-refractivity contribution in [2.45, 2.75) is 95.9 Å². The Labute approximate surface area is 183 Å². The van der Waals surface area contributed by atoms with E-state index >= 15 is 0 Å². The zero-order valence-electron chi connectivity index (χ0n) is 19.2. The Kier molecular flexibility index (Phi) is 6.58. The number of carbonyl (C=O) groups is 1. The van der Waals surface area contributed by atoms with Gasteiger partial charge in [0.25, 0.3) is 0 Å². The predicted octanol–water partition coefficient (Wildman–Crippen LogP) is 6.19. The Morgan fingerprint density at radius 1 is 1.31 bits per heavy atom. The van der Waals surface area contributed by atoms with E-state index in [0.717, 1.165) is 6.42 Å². The first kappa shape index (κ1) is 24.9. The van der Waals surface area contributed by atoms with Gasteiger partial charge in [-0.2, -0.15) is 8.78 Å². The number of alkyl halides is 3. The standard InChI is InChI=1S/C21H36BrF2NO3Si/c1-10-27-17(26)16(21(22,23)24)25-15-12-13-11-14(19(13,5)6)20(15,7)28-29(8,9)18(2,3)4/h13-14,16H,10-12H2,1-9H3/t13-,14-,16?,20-/m0/s1. The van der Waals surface area contributed by atoms with Gasteiger partial charge in [-0.1, -0.05) is 34.6 Å². The van der Waals surface area contributed by atoms with Crippen molar-refractivity contribution >= 4 is 35.9 Å². The van der Waals surface area contributed by atoms with E-state index in [9.17, 15) is 13.6 Å². The third kappa shape index (κ3) is 4.49. The minimum Gasteiger partial charge on any atom is -0.464 e. The lowest BCUT2D eigenvalue weighted by Gasteiger charge is -2.66. The number of halogens is 3. The van der Waals surface area contributed by atoms with Gasteiger partial charge in [-0.3, -0.25) is 4.99 Å². The summed E-state index contributed by atoms with van der Waals surface area (Å²) >= 11 is 2.35. The summed E-state index contributed by atoms with van der Waals surface area (Å²) in [6.45, 7) is 18.8. The predicted molar refractivity (Wildman–Crippen MR) is 118 cm³/mol. The van der Waals surface area contributed by atoms with Gasteiger partial charge in [-0.25, -0.2) is 4.79 Å². The van der Waals surface area contributed by atoms with Crippen LogP contribution in [-0.2, 0) is 14.0 Å². The highest BCUT2D eigenvalue weighted by Crippen LogP contribution is 2.64. The van der Waals surface area contributed by atoms with Crippen LogP contribution in [0.15, 0.2) is 4.99 Å². The molecule has 0 N–H and O–H groups in total. The van der Waals surface area contributed by atoms with E-state index in [-0.39, 0.29) is 23.0 Å². The average Bonchev–Trinajstić information content (AvgIpc) is 2.50. The quantitative estimate of drug-likeness (QED) is 0.250. The van der Waals surface area contributed by atoms with Crippen LogP contribution in [0.25, 0.3) is 0 Å². The molecule has 8 heteroatoms. The van der Waals surface area contributed by atoms with Gasteiger partial charge in [0, 0.05) is 5.71 Å². The first-order valence-electron chi connectivity index (χ1n) is 10.4. The monoisotopic (exact) mass is 495 g/mol. The molecule has 3 fully saturated rings. The molecule has 0 aromatic rings. The molecule has 4 atom stereocenters. The summed E-state index contributed by atoms with van der Waals surface area (Å²) in [6.07, 6.45) is 1.56. The lowest BCUT2D eigenvalue weighted by Crippen LogP contribution is -2.69. The van der Waals surface area contributed by atoms with Crippen LogP contribution in [0, 0.1) is 17.3 Å². The number of esters is 1. The van der Waals surface area contributed by atoms with Crippen LogP contribution in [0.1, 0.15) is 61.3 Å². The maximum atomic E-state index is 14.2. The minimum atomic E-state index is -3.48. The van der Waals surface area contributed by atoms with Crippen LogP contribution < -0.4 is 0 Å². The van der Waals surface area contributed by atoms with Crippen molar-refractivity contribution in [3.8, 4) is 0 Å². The second-order valence-electron chi connectivity index (χ2n) is 10.8. The highest BCUT2D eigenvalue weighted by molar-refractivity contribution is 9.10. The van der Waals surface area contributed by atoms with Crippen LogP contribution in [0.2, 0.25) is 18.1 Å². The van der Waals surface area contributed by atoms with E-state index in [1.165, 1.54) is 0 Å². The maximum Gasteiger partial charge on any atom is 0.338 e. The van der Waals surface area contributed by atoms with Gasteiger partial charge in [-0.15, -0.1) is 0 Å². The lowest BCUT2D eigenvalue weighted by molar-refractivity contribution is -0.149. The van der Waals surface area contributed by atoms with Crippen LogP contribution in [-0.4, -0.2) is 43.1 Å². The van der Waals surface area contributed by atoms with Gasteiger partial charge in [-0.05, 0) is 78.0 Å². The number of hydrogen-bond acceptors (Lipinski definition) is 4. The highest BCUT2D eigenvalue weighted by atomic mass is 79.9. The van der Waals surface area contributed by atoms with Crippen molar-refractivity contribution in [1.82, 2.24) is 0 Å². The summed E-state index contributed by atoms with van der Waals surface area (Å²) in [5, 5.41) is -0.0360. The minimum absolute atomic E-state index is 0.0271. The second-order valence-corrected chi connectivity index (χ2v) is 16.5. The summed E-state index contributed by atoms with van der Waals surface area (Å²) < 4.78 is 40.2. The molecule has 3 saturated carbocycles. The molecule has 0 spiro atoms. The fourth-order valence-corrected chi connectivity index (χ4v) is 6.48. The fourth-order valence-electron chi connectivity index (χ4n) is 4.56. The van der Waals surface area contributed by atoms with Gasteiger partial charge >= 0.3 is 10.8 Å². The zero-order chi connectivity index (χ0) is 22.6. The Hall–Kier alpha value is -0.343. The van der Waals surface area contributed by atoms with Crippen molar-refractivity contribution in [2.75, 3.05) is 6.61 Å². The van der Waals surface area contributed by atoms with Gasteiger partial charge in [0.1, 0.15) is 0 Å². The Balaban J connectivity index is 2.53. The summed E-state index contributed by atoms with van der Waals surface area (Å²) in [4.78, 5) is 13.1. The number of nitrogens with zero attached hydrogens (tertiary/aromatic N) is 1. The van der Waals surface area contributed by atoms with Crippen LogP contribution in [0.5, 0.6) is 0 Å². The Morgan fingerprint density at radius 3 is 2.28 bits per heavy atom. The second kappa shape index (κ2) is 7.66. The molecule has 3 aliphatic carbocycles. The van der Waals surface area contributed by atoms with E-state index in [2.05, 4.69) is 68.6 Å². The third-order valence-electron chi connectivity index (χ3n) is 7.53. The van der Waals surface area contributed by atoms with Crippen molar-refractivity contribution in [3.05, 3.63) is 0 Å². The van der Waals surface area contributed by atoms with E-state index < -0.39 is 30.8 Å². The van der Waals surface area contributed by atoms with Gasteiger partial charge in [0.05, 0.1) is 12.2 Å². The molecule has 1 unspecified atom stereocenters. The third-order valence-corrected chi connectivity index (χ3v) is 12.5. The Bertz CT molecular complexity index is 684. The summed E-state index contributed by atoms with van der Waals surface area (Å²) in [7, 11) is -2.22. The van der Waals surface area contributed by atoms with Gasteiger partial charge in [0.2, 0.25) is 6.04 Å². The molecule has 3 aliphatic rings. The van der Waals surface area contributed by atoms with E-state index in [1.807, 2.05) is 6.92 Å². The molecule has 3 rings (SSSR count). The van der Waals surface area contributed by atoms with E-state index in [0.29, 0.717) is 18.1 Å². The fraction of sp³-hybridized carbons (Fsp3) is 0.905. The highest BCUT2D eigenvalue weighted by Gasteiger charge is 2.64. The molecule has 0 radical (unpaired) electrons. The normalized spacial score (nSPS) is 31.9. The van der Waals surface area contributed by atoms with Crippen LogP contribution in [0.4, 0.5) is 8.78 Å². The number of ether oxygens (including phenoxy) is 1. The first-order valence-corrected chi connectivity index (χ1v) is 14.1. The molecule has 29 heavy (non-hydrogen) atoms. The maximum absolute atomic E-state index is 14.2.